The van der Waals surface area contributed by atoms with Crippen LogP contribution in [0, 0.1) is 0 Å². The molecule has 0 aliphatic rings. The highest BCUT2D eigenvalue weighted by molar-refractivity contribution is 7.17. The monoisotopic (exact) mass is 365 g/mol. The van der Waals surface area contributed by atoms with Crippen LogP contribution in [-0.2, 0) is 6.42 Å². The molecular weight excluding hydrogens is 350 g/mol. The summed E-state index contributed by atoms with van der Waals surface area (Å²) in [5.74, 6) is 0.746. The van der Waals surface area contributed by atoms with E-state index >= 15 is 0 Å². The van der Waals surface area contributed by atoms with E-state index in [1.54, 1.807) is 11.3 Å². The average molecular weight is 366 g/mol. The van der Waals surface area contributed by atoms with Gasteiger partial charge in [-0.25, -0.2) is 4.98 Å². The molecule has 0 radical (unpaired) electrons. The van der Waals surface area contributed by atoms with Crippen LogP contribution in [-0.4, -0.2) is 9.97 Å². The molecule has 0 bridgehead atoms. The second-order valence-electron chi connectivity index (χ2n) is 5.67. The summed E-state index contributed by atoms with van der Waals surface area (Å²) in [5.41, 5.74) is 4.55. The van der Waals surface area contributed by atoms with Crippen LogP contribution in [0.4, 0.5) is 11.5 Å². The lowest BCUT2D eigenvalue weighted by atomic mass is 10.1. The molecule has 3 nitrogen and oxygen atoms in total. The van der Waals surface area contributed by atoms with E-state index in [0.29, 0.717) is 0 Å². The Morgan fingerprint density at radius 3 is 2.56 bits per heavy atom. The summed E-state index contributed by atoms with van der Waals surface area (Å²) in [7, 11) is 0. The van der Waals surface area contributed by atoms with Crippen molar-refractivity contribution in [3.63, 3.8) is 0 Å². The minimum Gasteiger partial charge on any atom is -0.339 e. The second kappa shape index (κ2) is 6.82. The highest BCUT2D eigenvalue weighted by Crippen LogP contribution is 2.38. The van der Waals surface area contributed by atoms with Crippen molar-refractivity contribution in [1.29, 1.82) is 0 Å². The molecule has 2 heterocycles. The van der Waals surface area contributed by atoms with Crippen LogP contribution in [0.3, 0.4) is 0 Å². The number of aromatic nitrogens is 2. The van der Waals surface area contributed by atoms with Crippen molar-refractivity contribution >= 4 is 44.7 Å². The molecule has 2 aromatic carbocycles. The molecule has 4 aromatic rings. The van der Waals surface area contributed by atoms with Crippen molar-refractivity contribution in [3.8, 4) is 11.1 Å². The number of anilines is 2. The minimum atomic E-state index is 0.255. The fourth-order valence-corrected chi connectivity index (χ4v) is 4.08. The SMILES string of the molecule is CCc1ccccc1Nc1nc(Cl)nc2scc(-c3ccccc3)c12. The lowest BCUT2D eigenvalue weighted by Crippen LogP contribution is -1.99. The molecule has 25 heavy (non-hydrogen) atoms. The van der Waals surface area contributed by atoms with Gasteiger partial charge < -0.3 is 5.32 Å². The molecule has 1 N–H and O–H groups in total. The van der Waals surface area contributed by atoms with Gasteiger partial charge in [0.15, 0.2) is 0 Å². The Labute approximate surface area is 155 Å². The smallest absolute Gasteiger partial charge is 0.225 e. The van der Waals surface area contributed by atoms with E-state index in [2.05, 4.69) is 51.9 Å². The van der Waals surface area contributed by atoms with Crippen LogP contribution >= 0.6 is 22.9 Å². The van der Waals surface area contributed by atoms with Gasteiger partial charge in [-0.2, -0.15) is 4.98 Å². The van der Waals surface area contributed by atoms with E-state index in [9.17, 15) is 0 Å². The minimum absolute atomic E-state index is 0.255. The van der Waals surface area contributed by atoms with Crippen molar-refractivity contribution in [2.75, 3.05) is 5.32 Å². The molecule has 5 heteroatoms. The van der Waals surface area contributed by atoms with E-state index < -0.39 is 0 Å². The maximum atomic E-state index is 6.16. The number of hydrogen-bond donors (Lipinski definition) is 1. The van der Waals surface area contributed by atoms with Crippen LogP contribution < -0.4 is 5.32 Å². The van der Waals surface area contributed by atoms with Crippen LogP contribution in [0.1, 0.15) is 12.5 Å². The quantitative estimate of drug-likeness (QED) is 0.430. The molecule has 0 aliphatic carbocycles. The lowest BCUT2D eigenvalue weighted by molar-refractivity contribution is 1.14. The Morgan fingerprint density at radius 1 is 1.00 bits per heavy atom. The molecule has 0 spiro atoms. The van der Waals surface area contributed by atoms with Gasteiger partial charge in [0.25, 0.3) is 0 Å². The fraction of sp³-hybridized carbons (Fsp3) is 0.100. The number of thiophene rings is 1. The molecule has 0 fully saturated rings. The first-order valence-electron chi connectivity index (χ1n) is 8.11. The van der Waals surface area contributed by atoms with Crippen LogP contribution in [0.15, 0.2) is 60.0 Å². The number of halogens is 1. The topological polar surface area (TPSA) is 37.8 Å². The first-order valence-corrected chi connectivity index (χ1v) is 9.37. The highest BCUT2D eigenvalue weighted by Gasteiger charge is 2.15. The first-order chi connectivity index (χ1) is 12.3. The van der Waals surface area contributed by atoms with Crippen molar-refractivity contribution < 1.29 is 0 Å². The number of rotatable bonds is 4. The number of para-hydroxylation sites is 1. The number of hydrogen-bond acceptors (Lipinski definition) is 4. The molecule has 0 saturated heterocycles. The summed E-state index contributed by atoms with van der Waals surface area (Å²) in [6, 6.07) is 18.5. The zero-order valence-electron chi connectivity index (χ0n) is 13.7. The van der Waals surface area contributed by atoms with Gasteiger partial charge in [0.1, 0.15) is 10.6 Å². The number of nitrogens with one attached hydrogen (secondary N) is 1. The molecule has 0 saturated carbocycles. The van der Waals surface area contributed by atoms with Gasteiger partial charge in [-0.05, 0) is 35.2 Å². The van der Waals surface area contributed by atoms with Crippen molar-refractivity contribution in [3.05, 3.63) is 70.8 Å². The van der Waals surface area contributed by atoms with Gasteiger partial charge >= 0.3 is 0 Å². The molecular formula is C20H16ClN3S. The summed E-state index contributed by atoms with van der Waals surface area (Å²) in [6.45, 7) is 2.14. The van der Waals surface area contributed by atoms with Gasteiger partial charge in [0.2, 0.25) is 5.28 Å². The number of aryl methyl sites for hydroxylation is 1. The average Bonchev–Trinajstić information content (AvgIpc) is 3.07. The summed E-state index contributed by atoms with van der Waals surface area (Å²) < 4.78 is 0. The van der Waals surface area contributed by atoms with E-state index in [1.165, 1.54) is 5.56 Å². The molecule has 0 unspecified atom stereocenters. The Balaban J connectivity index is 1.89. The second-order valence-corrected chi connectivity index (χ2v) is 6.87. The molecule has 0 amide bonds. The molecule has 2 aromatic heterocycles. The zero-order valence-corrected chi connectivity index (χ0v) is 15.2. The molecule has 124 valence electrons. The Kier molecular flexibility index (Phi) is 4.38. The largest absolute Gasteiger partial charge is 0.339 e. The summed E-state index contributed by atoms with van der Waals surface area (Å²) in [5, 5.41) is 6.85. The van der Waals surface area contributed by atoms with E-state index in [0.717, 1.165) is 39.3 Å². The number of benzene rings is 2. The third-order valence-electron chi connectivity index (χ3n) is 4.14. The van der Waals surface area contributed by atoms with Crippen molar-refractivity contribution in [1.82, 2.24) is 9.97 Å². The molecule has 4 rings (SSSR count). The Morgan fingerprint density at radius 2 is 1.76 bits per heavy atom. The third kappa shape index (κ3) is 3.11. The van der Waals surface area contributed by atoms with E-state index in [4.69, 9.17) is 11.6 Å². The predicted molar refractivity (Wildman–Crippen MR) is 107 cm³/mol. The highest BCUT2D eigenvalue weighted by atomic mass is 35.5. The first kappa shape index (κ1) is 16.1. The predicted octanol–water partition coefficient (Wildman–Crippen LogP) is 6.32. The van der Waals surface area contributed by atoms with Crippen LogP contribution in [0.2, 0.25) is 5.28 Å². The van der Waals surface area contributed by atoms with Crippen molar-refractivity contribution in [2.24, 2.45) is 0 Å². The summed E-state index contributed by atoms with van der Waals surface area (Å²) in [6.07, 6.45) is 0.945. The third-order valence-corrected chi connectivity index (χ3v) is 5.18. The van der Waals surface area contributed by atoms with Gasteiger partial charge in [-0.15, -0.1) is 11.3 Å². The van der Waals surface area contributed by atoms with Crippen LogP contribution in [0.5, 0.6) is 0 Å². The fourth-order valence-electron chi connectivity index (χ4n) is 2.91. The number of fused-ring (bicyclic) bond motifs is 1. The van der Waals surface area contributed by atoms with Crippen LogP contribution in [0.25, 0.3) is 21.3 Å². The van der Waals surface area contributed by atoms with E-state index in [-0.39, 0.29) is 5.28 Å². The van der Waals surface area contributed by atoms with Crippen molar-refractivity contribution in [2.45, 2.75) is 13.3 Å². The normalized spacial score (nSPS) is 11.0. The lowest BCUT2D eigenvalue weighted by Gasteiger charge is -2.12. The Hall–Kier alpha value is -2.43. The summed E-state index contributed by atoms with van der Waals surface area (Å²) >= 11 is 7.75. The molecule has 0 atom stereocenters. The standard InChI is InChI=1S/C20H16ClN3S/c1-2-13-8-6-7-11-16(13)22-18-17-15(14-9-4-3-5-10-14)12-25-19(17)24-20(21)23-18/h3-12H,2H2,1H3,(H,22,23,24). The summed E-state index contributed by atoms with van der Waals surface area (Å²) in [4.78, 5) is 9.76. The van der Waals surface area contributed by atoms with Gasteiger partial charge in [0.05, 0.1) is 5.39 Å². The maximum absolute atomic E-state index is 6.16. The number of nitrogens with zero attached hydrogens (tertiary/aromatic N) is 2. The van der Waals surface area contributed by atoms with Gasteiger partial charge in [0, 0.05) is 16.6 Å². The molecule has 0 aliphatic heterocycles. The Bertz CT molecular complexity index is 1030. The zero-order chi connectivity index (χ0) is 17.2. The maximum Gasteiger partial charge on any atom is 0.225 e. The van der Waals surface area contributed by atoms with Gasteiger partial charge in [-0.3, -0.25) is 0 Å². The van der Waals surface area contributed by atoms with Gasteiger partial charge in [-0.1, -0.05) is 55.5 Å². The van der Waals surface area contributed by atoms with E-state index in [1.807, 2.05) is 30.3 Å².